The molecule has 2 rings (SSSR count). The molecule has 0 spiro atoms. The van der Waals surface area contributed by atoms with Crippen LogP contribution in [0.1, 0.15) is 11.1 Å². The van der Waals surface area contributed by atoms with Gasteiger partial charge in [-0.05, 0) is 17.7 Å². The van der Waals surface area contributed by atoms with E-state index >= 15 is 0 Å². The van der Waals surface area contributed by atoms with E-state index in [1.807, 2.05) is 54.6 Å². The minimum absolute atomic E-state index is 0.577. The smallest absolute Gasteiger partial charge is 0.127 e. The summed E-state index contributed by atoms with van der Waals surface area (Å²) in [6, 6.07) is 17.7. The summed E-state index contributed by atoms with van der Waals surface area (Å²) in [7, 11) is 1.63. The van der Waals surface area contributed by atoms with Gasteiger partial charge >= 0.3 is 0 Å². The average Bonchev–Trinajstić information content (AvgIpc) is 2.40. The molecule has 17 heavy (non-hydrogen) atoms. The van der Waals surface area contributed by atoms with Gasteiger partial charge < -0.3 is 10.1 Å². The van der Waals surface area contributed by atoms with Crippen LogP contribution in [-0.2, 0) is 6.42 Å². The Hall–Kier alpha value is -2.09. The van der Waals surface area contributed by atoms with Gasteiger partial charge in [0.15, 0.2) is 0 Å². The SMILES string of the molecule is COc1ccccc1C(=N)Cc1ccccc1. The summed E-state index contributed by atoms with van der Waals surface area (Å²) >= 11 is 0. The molecule has 0 saturated carbocycles. The molecule has 2 heteroatoms. The van der Waals surface area contributed by atoms with Crippen LogP contribution in [0.2, 0.25) is 0 Å². The van der Waals surface area contributed by atoms with Crippen molar-refractivity contribution in [2.24, 2.45) is 0 Å². The molecule has 0 heterocycles. The van der Waals surface area contributed by atoms with Gasteiger partial charge in [0.1, 0.15) is 5.75 Å². The molecular weight excluding hydrogens is 210 g/mol. The van der Waals surface area contributed by atoms with E-state index in [0.29, 0.717) is 12.1 Å². The molecule has 0 aliphatic carbocycles. The first-order valence-corrected chi connectivity index (χ1v) is 5.56. The van der Waals surface area contributed by atoms with Crippen LogP contribution in [0, 0.1) is 5.41 Å². The van der Waals surface area contributed by atoms with Crippen molar-refractivity contribution in [2.75, 3.05) is 7.11 Å². The number of para-hydroxylation sites is 1. The summed E-state index contributed by atoms with van der Waals surface area (Å²) in [5, 5.41) is 8.13. The maximum Gasteiger partial charge on any atom is 0.127 e. The maximum atomic E-state index is 8.13. The monoisotopic (exact) mass is 225 g/mol. The minimum atomic E-state index is 0.577. The Balaban J connectivity index is 2.20. The summed E-state index contributed by atoms with van der Waals surface area (Å²) in [5.74, 6) is 0.758. The first kappa shape index (κ1) is 11.4. The maximum absolute atomic E-state index is 8.13. The largest absolute Gasteiger partial charge is 0.496 e. The van der Waals surface area contributed by atoms with E-state index in [4.69, 9.17) is 10.1 Å². The number of hydrogen-bond donors (Lipinski definition) is 1. The molecule has 0 aromatic heterocycles. The van der Waals surface area contributed by atoms with E-state index < -0.39 is 0 Å². The zero-order chi connectivity index (χ0) is 12.1. The standard InChI is InChI=1S/C15H15NO/c1-17-15-10-6-5-9-13(15)14(16)11-12-7-3-2-4-8-12/h2-10,16H,11H2,1H3. The van der Waals surface area contributed by atoms with Gasteiger partial charge in [-0.2, -0.15) is 0 Å². The molecular formula is C15H15NO. The predicted molar refractivity (Wildman–Crippen MR) is 70.0 cm³/mol. The molecule has 0 amide bonds. The van der Waals surface area contributed by atoms with Gasteiger partial charge in [0.2, 0.25) is 0 Å². The van der Waals surface area contributed by atoms with E-state index in [-0.39, 0.29) is 0 Å². The highest BCUT2D eigenvalue weighted by atomic mass is 16.5. The Morgan fingerprint density at radius 2 is 1.65 bits per heavy atom. The Kier molecular flexibility index (Phi) is 3.55. The van der Waals surface area contributed by atoms with Gasteiger partial charge in [0.25, 0.3) is 0 Å². The lowest BCUT2D eigenvalue weighted by Gasteiger charge is -2.09. The molecule has 0 unspecified atom stereocenters. The minimum Gasteiger partial charge on any atom is -0.496 e. The highest BCUT2D eigenvalue weighted by Crippen LogP contribution is 2.19. The molecule has 0 saturated heterocycles. The summed E-state index contributed by atoms with van der Waals surface area (Å²) < 4.78 is 5.26. The van der Waals surface area contributed by atoms with E-state index in [2.05, 4.69) is 0 Å². The number of rotatable bonds is 4. The highest BCUT2D eigenvalue weighted by Gasteiger charge is 2.08. The molecule has 0 atom stereocenters. The van der Waals surface area contributed by atoms with Crippen molar-refractivity contribution in [3.8, 4) is 5.75 Å². The predicted octanol–water partition coefficient (Wildman–Crippen LogP) is 3.31. The molecule has 0 fully saturated rings. The second kappa shape index (κ2) is 5.30. The van der Waals surface area contributed by atoms with Crippen LogP contribution in [0.15, 0.2) is 54.6 Å². The van der Waals surface area contributed by atoms with E-state index in [1.54, 1.807) is 7.11 Å². The fourth-order valence-electron chi connectivity index (χ4n) is 1.79. The summed E-state index contributed by atoms with van der Waals surface area (Å²) in [5.41, 5.74) is 2.58. The van der Waals surface area contributed by atoms with Gasteiger partial charge in [-0.15, -0.1) is 0 Å². The van der Waals surface area contributed by atoms with Crippen molar-refractivity contribution in [3.63, 3.8) is 0 Å². The van der Waals surface area contributed by atoms with Crippen LogP contribution in [0.4, 0.5) is 0 Å². The zero-order valence-corrected chi connectivity index (χ0v) is 9.81. The van der Waals surface area contributed by atoms with Gasteiger partial charge in [0.05, 0.1) is 7.11 Å². The Morgan fingerprint density at radius 1 is 1.00 bits per heavy atom. The third-order valence-corrected chi connectivity index (χ3v) is 2.66. The topological polar surface area (TPSA) is 33.1 Å². The average molecular weight is 225 g/mol. The number of ether oxygens (including phenoxy) is 1. The lowest BCUT2D eigenvalue weighted by atomic mass is 10.0. The Morgan fingerprint density at radius 3 is 2.35 bits per heavy atom. The third kappa shape index (κ3) is 2.72. The molecule has 86 valence electrons. The van der Waals surface area contributed by atoms with Crippen LogP contribution in [0.25, 0.3) is 0 Å². The van der Waals surface area contributed by atoms with Gasteiger partial charge in [-0.25, -0.2) is 0 Å². The van der Waals surface area contributed by atoms with Crippen LogP contribution in [0.3, 0.4) is 0 Å². The van der Waals surface area contributed by atoms with Crippen molar-refractivity contribution >= 4 is 5.71 Å². The zero-order valence-electron chi connectivity index (χ0n) is 9.81. The number of methoxy groups -OCH3 is 1. The number of hydrogen-bond acceptors (Lipinski definition) is 2. The van der Waals surface area contributed by atoms with Crippen molar-refractivity contribution in [3.05, 3.63) is 65.7 Å². The van der Waals surface area contributed by atoms with Crippen molar-refractivity contribution in [2.45, 2.75) is 6.42 Å². The molecule has 2 nitrogen and oxygen atoms in total. The Bertz CT molecular complexity index is 505. The summed E-state index contributed by atoms with van der Waals surface area (Å²) in [6.07, 6.45) is 0.626. The van der Waals surface area contributed by atoms with Gasteiger partial charge in [0, 0.05) is 17.7 Å². The number of nitrogens with one attached hydrogen (secondary N) is 1. The third-order valence-electron chi connectivity index (χ3n) is 2.66. The Labute approximate surface area is 101 Å². The number of benzene rings is 2. The molecule has 0 aliphatic heterocycles. The lowest BCUT2D eigenvalue weighted by Crippen LogP contribution is -2.05. The van der Waals surface area contributed by atoms with Crippen molar-refractivity contribution < 1.29 is 4.74 Å². The highest BCUT2D eigenvalue weighted by molar-refractivity contribution is 6.01. The van der Waals surface area contributed by atoms with E-state index in [0.717, 1.165) is 16.9 Å². The van der Waals surface area contributed by atoms with Gasteiger partial charge in [-0.1, -0.05) is 42.5 Å². The second-order valence-electron chi connectivity index (χ2n) is 3.84. The molecule has 2 aromatic carbocycles. The van der Waals surface area contributed by atoms with Crippen LogP contribution < -0.4 is 4.74 Å². The van der Waals surface area contributed by atoms with Crippen LogP contribution in [-0.4, -0.2) is 12.8 Å². The van der Waals surface area contributed by atoms with E-state index in [1.165, 1.54) is 0 Å². The summed E-state index contributed by atoms with van der Waals surface area (Å²) in [4.78, 5) is 0. The van der Waals surface area contributed by atoms with Crippen molar-refractivity contribution in [1.82, 2.24) is 0 Å². The van der Waals surface area contributed by atoms with Crippen LogP contribution >= 0.6 is 0 Å². The van der Waals surface area contributed by atoms with Crippen molar-refractivity contribution in [1.29, 1.82) is 5.41 Å². The molecule has 0 bridgehead atoms. The summed E-state index contributed by atoms with van der Waals surface area (Å²) in [6.45, 7) is 0. The first-order valence-electron chi connectivity index (χ1n) is 5.56. The normalized spacial score (nSPS) is 9.94. The quantitative estimate of drug-likeness (QED) is 0.796. The molecule has 0 radical (unpaired) electrons. The second-order valence-corrected chi connectivity index (χ2v) is 3.84. The van der Waals surface area contributed by atoms with Crippen LogP contribution in [0.5, 0.6) is 5.75 Å². The molecule has 2 aromatic rings. The molecule has 1 N–H and O–H groups in total. The fourth-order valence-corrected chi connectivity index (χ4v) is 1.79. The van der Waals surface area contributed by atoms with E-state index in [9.17, 15) is 0 Å². The van der Waals surface area contributed by atoms with Gasteiger partial charge in [-0.3, -0.25) is 0 Å². The fraction of sp³-hybridized carbons (Fsp3) is 0.133. The first-order chi connectivity index (χ1) is 8.31. The molecule has 0 aliphatic rings. The lowest BCUT2D eigenvalue weighted by molar-refractivity contribution is 0.414.